The second-order valence-corrected chi connectivity index (χ2v) is 4.92. The number of amides is 1. The SMILES string of the molecule is CN(C)CC1CC(O)CN1C(=O)c1c[nH]c(=O)[nH]1. The Hall–Kier alpha value is -1.60. The van der Waals surface area contributed by atoms with Crippen LogP contribution in [0.4, 0.5) is 0 Å². The fourth-order valence-electron chi connectivity index (χ4n) is 2.34. The van der Waals surface area contributed by atoms with Crippen LogP contribution in [0.15, 0.2) is 11.0 Å². The van der Waals surface area contributed by atoms with E-state index < -0.39 is 11.8 Å². The molecule has 2 rings (SSSR count). The molecule has 100 valence electrons. The van der Waals surface area contributed by atoms with Crippen molar-refractivity contribution in [3.05, 3.63) is 22.4 Å². The summed E-state index contributed by atoms with van der Waals surface area (Å²) in [5, 5.41) is 9.69. The van der Waals surface area contributed by atoms with E-state index in [-0.39, 0.29) is 17.6 Å². The number of β-amino-alcohol motifs (C(OH)–C–C–N with tert-alkyl or cyclic N) is 1. The number of aliphatic hydroxyl groups excluding tert-OH is 1. The second kappa shape index (κ2) is 4.95. The zero-order valence-corrected chi connectivity index (χ0v) is 10.5. The minimum Gasteiger partial charge on any atom is -0.391 e. The molecule has 0 saturated carbocycles. The number of imidazole rings is 1. The number of likely N-dealkylation sites (N-methyl/N-ethyl adjacent to an activating group) is 1. The molecule has 1 aromatic rings. The van der Waals surface area contributed by atoms with E-state index in [9.17, 15) is 14.7 Å². The number of rotatable bonds is 3. The predicted molar refractivity (Wildman–Crippen MR) is 65.4 cm³/mol. The molecule has 1 aliphatic heterocycles. The first-order valence-corrected chi connectivity index (χ1v) is 5.89. The van der Waals surface area contributed by atoms with Crippen LogP contribution in [0.2, 0.25) is 0 Å². The number of carbonyl (C=O) groups excluding carboxylic acids is 1. The molecule has 1 fully saturated rings. The van der Waals surface area contributed by atoms with Crippen LogP contribution in [0.1, 0.15) is 16.9 Å². The Morgan fingerprint density at radius 1 is 1.61 bits per heavy atom. The highest BCUT2D eigenvalue weighted by Gasteiger charge is 2.35. The lowest BCUT2D eigenvalue weighted by Gasteiger charge is -2.26. The van der Waals surface area contributed by atoms with Gasteiger partial charge in [-0.1, -0.05) is 0 Å². The van der Waals surface area contributed by atoms with Crippen molar-refractivity contribution in [3.63, 3.8) is 0 Å². The molecule has 0 bridgehead atoms. The van der Waals surface area contributed by atoms with Crippen LogP contribution < -0.4 is 5.69 Å². The molecule has 0 spiro atoms. The summed E-state index contributed by atoms with van der Waals surface area (Å²) in [7, 11) is 3.84. The third-order valence-electron chi connectivity index (χ3n) is 3.06. The molecule has 1 aromatic heterocycles. The smallest absolute Gasteiger partial charge is 0.323 e. The number of hydrogen-bond acceptors (Lipinski definition) is 4. The van der Waals surface area contributed by atoms with Crippen LogP contribution in [-0.2, 0) is 0 Å². The monoisotopic (exact) mass is 254 g/mol. The van der Waals surface area contributed by atoms with Crippen LogP contribution in [0.3, 0.4) is 0 Å². The zero-order valence-electron chi connectivity index (χ0n) is 10.5. The molecule has 7 nitrogen and oxygen atoms in total. The van der Waals surface area contributed by atoms with E-state index in [2.05, 4.69) is 9.97 Å². The highest BCUT2D eigenvalue weighted by atomic mass is 16.3. The number of nitrogens with zero attached hydrogens (tertiary/aromatic N) is 2. The van der Waals surface area contributed by atoms with Crippen LogP contribution >= 0.6 is 0 Å². The molecule has 18 heavy (non-hydrogen) atoms. The van der Waals surface area contributed by atoms with Gasteiger partial charge in [0, 0.05) is 25.3 Å². The quantitative estimate of drug-likeness (QED) is 0.634. The summed E-state index contributed by atoms with van der Waals surface area (Å²) in [6, 6.07) is -0.0269. The summed E-state index contributed by atoms with van der Waals surface area (Å²) in [6.45, 7) is 1.00. The summed E-state index contributed by atoms with van der Waals surface area (Å²) in [6.07, 6.45) is 1.44. The van der Waals surface area contributed by atoms with Crippen molar-refractivity contribution in [3.8, 4) is 0 Å². The van der Waals surface area contributed by atoms with Gasteiger partial charge >= 0.3 is 5.69 Å². The first-order chi connectivity index (χ1) is 8.47. The third kappa shape index (κ3) is 2.62. The third-order valence-corrected chi connectivity index (χ3v) is 3.06. The first-order valence-electron chi connectivity index (χ1n) is 5.89. The molecule has 1 aliphatic rings. The van der Waals surface area contributed by atoms with Gasteiger partial charge in [-0.15, -0.1) is 0 Å². The molecule has 2 unspecified atom stereocenters. The van der Waals surface area contributed by atoms with E-state index in [1.165, 1.54) is 6.20 Å². The molecular weight excluding hydrogens is 236 g/mol. The van der Waals surface area contributed by atoms with Crippen molar-refractivity contribution < 1.29 is 9.90 Å². The van der Waals surface area contributed by atoms with Crippen molar-refractivity contribution in [1.82, 2.24) is 19.8 Å². The Morgan fingerprint density at radius 2 is 2.33 bits per heavy atom. The Bertz CT molecular complexity index is 479. The lowest BCUT2D eigenvalue weighted by Crippen LogP contribution is -2.41. The van der Waals surface area contributed by atoms with E-state index >= 15 is 0 Å². The van der Waals surface area contributed by atoms with Crippen molar-refractivity contribution in [1.29, 1.82) is 0 Å². The lowest BCUT2D eigenvalue weighted by atomic mass is 10.2. The van der Waals surface area contributed by atoms with E-state index in [1.807, 2.05) is 19.0 Å². The van der Waals surface area contributed by atoms with Gasteiger partial charge in [0.05, 0.1) is 6.10 Å². The number of aliphatic hydroxyl groups is 1. The molecule has 1 saturated heterocycles. The number of H-pyrrole nitrogens is 2. The average molecular weight is 254 g/mol. The van der Waals surface area contributed by atoms with Gasteiger partial charge in [0.15, 0.2) is 0 Å². The number of carbonyl (C=O) groups is 1. The lowest BCUT2D eigenvalue weighted by molar-refractivity contribution is 0.0693. The first kappa shape index (κ1) is 12.8. The van der Waals surface area contributed by atoms with Crippen molar-refractivity contribution in [2.75, 3.05) is 27.2 Å². The Morgan fingerprint density at radius 3 is 2.89 bits per heavy atom. The fourth-order valence-corrected chi connectivity index (χ4v) is 2.34. The van der Waals surface area contributed by atoms with Crippen LogP contribution in [0, 0.1) is 0 Å². The maximum Gasteiger partial charge on any atom is 0.323 e. The molecular formula is C11H18N4O3. The van der Waals surface area contributed by atoms with E-state index in [0.29, 0.717) is 19.5 Å². The molecule has 2 atom stereocenters. The number of likely N-dealkylation sites (tertiary alicyclic amines) is 1. The number of hydrogen-bond donors (Lipinski definition) is 3. The topological polar surface area (TPSA) is 92.4 Å². The van der Waals surface area contributed by atoms with Gasteiger partial charge in [-0.2, -0.15) is 0 Å². The van der Waals surface area contributed by atoms with Crippen LogP contribution in [0.25, 0.3) is 0 Å². The number of aromatic nitrogens is 2. The normalized spacial score (nSPS) is 23.9. The maximum absolute atomic E-state index is 12.2. The maximum atomic E-state index is 12.2. The molecule has 2 heterocycles. The molecule has 7 heteroatoms. The van der Waals surface area contributed by atoms with Crippen LogP contribution in [-0.4, -0.2) is 70.1 Å². The Balaban J connectivity index is 2.15. The summed E-state index contributed by atoms with van der Waals surface area (Å²) in [5.74, 6) is -0.253. The van der Waals surface area contributed by atoms with Gasteiger partial charge in [-0.25, -0.2) is 4.79 Å². The van der Waals surface area contributed by atoms with Gasteiger partial charge in [-0.05, 0) is 20.5 Å². The van der Waals surface area contributed by atoms with Gasteiger partial charge in [0.25, 0.3) is 5.91 Å². The standard InChI is InChI=1S/C11H18N4O3/c1-14(2)5-7-3-8(16)6-15(7)10(17)9-4-12-11(18)13-9/h4,7-8,16H,3,5-6H2,1-2H3,(H2,12,13,18). The molecule has 1 amide bonds. The van der Waals surface area contributed by atoms with Crippen LogP contribution in [0.5, 0.6) is 0 Å². The van der Waals surface area contributed by atoms with E-state index in [1.54, 1.807) is 4.90 Å². The minimum atomic E-state index is -0.496. The summed E-state index contributed by atoms with van der Waals surface area (Å²) in [4.78, 5) is 31.6. The summed E-state index contributed by atoms with van der Waals surface area (Å²) in [5.41, 5.74) is -0.167. The predicted octanol–water partition coefficient (Wildman–Crippen LogP) is -1.16. The van der Waals surface area contributed by atoms with Crippen molar-refractivity contribution >= 4 is 5.91 Å². The number of aromatic amines is 2. The summed E-state index contributed by atoms with van der Waals surface area (Å²) >= 11 is 0. The highest BCUT2D eigenvalue weighted by Crippen LogP contribution is 2.20. The largest absolute Gasteiger partial charge is 0.391 e. The van der Waals surface area contributed by atoms with Crippen molar-refractivity contribution in [2.24, 2.45) is 0 Å². The highest BCUT2D eigenvalue weighted by molar-refractivity contribution is 5.92. The van der Waals surface area contributed by atoms with Gasteiger partial charge in [0.1, 0.15) is 5.69 Å². The van der Waals surface area contributed by atoms with Gasteiger partial charge < -0.3 is 24.9 Å². The molecule has 3 N–H and O–H groups in total. The van der Waals surface area contributed by atoms with E-state index in [4.69, 9.17) is 0 Å². The van der Waals surface area contributed by atoms with Gasteiger partial charge in [0.2, 0.25) is 0 Å². The fraction of sp³-hybridized carbons (Fsp3) is 0.636. The zero-order chi connectivity index (χ0) is 13.3. The molecule has 0 radical (unpaired) electrons. The molecule has 0 aromatic carbocycles. The van der Waals surface area contributed by atoms with Gasteiger partial charge in [-0.3, -0.25) is 4.79 Å². The average Bonchev–Trinajstić information content (AvgIpc) is 2.83. The summed E-state index contributed by atoms with van der Waals surface area (Å²) < 4.78 is 0. The van der Waals surface area contributed by atoms with Crippen molar-refractivity contribution in [2.45, 2.75) is 18.6 Å². The Labute approximate surface area is 104 Å². The second-order valence-electron chi connectivity index (χ2n) is 4.92. The minimum absolute atomic E-state index is 0.0269. The number of nitrogens with one attached hydrogen (secondary N) is 2. The van der Waals surface area contributed by atoms with E-state index in [0.717, 1.165) is 0 Å². The Kier molecular flexibility index (Phi) is 3.53. The molecule has 0 aliphatic carbocycles.